The Morgan fingerprint density at radius 2 is 2.15 bits per heavy atom. The van der Waals surface area contributed by atoms with E-state index in [0.717, 1.165) is 19.4 Å². The van der Waals surface area contributed by atoms with Crippen LogP contribution in [0.5, 0.6) is 5.75 Å². The molecule has 1 aromatic carbocycles. The molecule has 0 aliphatic carbocycles. The van der Waals surface area contributed by atoms with Gasteiger partial charge in [-0.25, -0.2) is 0 Å². The number of amides is 1. The third kappa shape index (κ3) is 5.04. The van der Waals surface area contributed by atoms with Crippen molar-refractivity contribution < 1.29 is 9.53 Å². The minimum Gasteiger partial charge on any atom is -0.495 e. The lowest BCUT2D eigenvalue weighted by molar-refractivity contribution is 0.0946. The van der Waals surface area contributed by atoms with Crippen molar-refractivity contribution in [1.82, 2.24) is 5.32 Å². The first-order chi connectivity index (χ1) is 9.62. The van der Waals surface area contributed by atoms with Crippen LogP contribution in [0.3, 0.4) is 0 Å². The van der Waals surface area contributed by atoms with Crippen molar-refractivity contribution in [2.75, 3.05) is 13.7 Å². The summed E-state index contributed by atoms with van der Waals surface area (Å²) >= 11 is 6.03. The highest BCUT2D eigenvalue weighted by atomic mass is 35.5. The smallest absolute Gasteiger partial charge is 0.251 e. The molecule has 1 rings (SSSR count). The Hall–Kier alpha value is -1.22. The minimum atomic E-state index is -0.0792. The first kappa shape index (κ1) is 16.8. The molecule has 0 heterocycles. The monoisotopic (exact) mass is 297 g/mol. The zero-order chi connectivity index (χ0) is 15.0. The molecule has 0 saturated carbocycles. The van der Waals surface area contributed by atoms with Gasteiger partial charge in [0.05, 0.1) is 12.1 Å². The summed E-state index contributed by atoms with van der Waals surface area (Å²) in [4.78, 5) is 12.1. The van der Waals surface area contributed by atoms with Crippen LogP contribution in [-0.2, 0) is 0 Å². The van der Waals surface area contributed by atoms with Crippen molar-refractivity contribution in [3.05, 3.63) is 28.8 Å². The molecule has 0 aliphatic rings. The van der Waals surface area contributed by atoms with Gasteiger partial charge >= 0.3 is 0 Å². The van der Waals surface area contributed by atoms with Crippen LogP contribution in [0.4, 0.5) is 0 Å². The van der Waals surface area contributed by atoms with Crippen LogP contribution < -0.4 is 10.1 Å². The third-order valence-corrected chi connectivity index (χ3v) is 3.80. The molecule has 0 aromatic heterocycles. The topological polar surface area (TPSA) is 38.3 Å². The molecule has 0 radical (unpaired) electrons. The van der Waals surface area contributed by atoms with E-state index in [-0.39, 0.29) is 5.91 Å². The fraction of sp³-hybridized carbons (Fsp3) is 0.562. The van der Waals surface area contributed by atoms with Crippen LogP contribution in [0.1, 0.15) is 49.9 Å². The van der Waals surface area contributed by atoms with Gasteiger partial charge in [-0.05, 0) is 30.5 Å². The summed E-state index contributed by atoms with van der Waals surface area (Å²) < 4.78 is 5.08. The van der Waals surface area contributed by atoms with Crippen molar-refractivity contribution >= 4 is 17.5 Å². The lowest BCUT2D eigenvalue weighted by atomic mass is 9.99. The molecule has 0 spiro atoms. The molecule has 1 amide bonds. The molecule has 0 aliphatic heterocycles. The molecule has 0 saturated heterocycles. The SMILES string of the molecule is CCCCC(CC)CNC(=O)c1ccc(OC)c(Cl)c1. The summed E-state index contributed by atoms with van der Waals surface area (Å²) in [6.45, 7) is 5.07. The van der Waals surface area contributed by atoms with Gasteiger partial charge in [0.1, 0.15) is 5.75 Å². The standard InChI is InChI=1S/C16H24ClNO2/c1-4-6-7-12(5-2)11-18-16(19)13-8-9-15(20-3)14(17)10-13/h8-10,12H,4-7,11H2,1-3H3,(H,18,19). The molecule has 1 N–H and O–H groups in total. The van der Waals surface area contributed by atoms with E-state index >= 15 is 0 Å². The lowest BCUT2D eigenvalue weighted by Crippen LogP contribution is -2.29. The minimum absolute atomic E-state index is 0.0792. The number of hydrogen-bond donors (Lipinski definition) is 1. The maximum absolute atomic E-state index is 12.1. The summed E-state index contributed by atoms with van der Waals surface area (Å²) in [5.41, 5.74) is 0.571. The van der Waals surface area contributed by atoms with E-state index in [1.165, 1.54) is 12.8 Å². The predicted molar refractivity (Wildman–Crippen MR) is 83.6 cm³/mol. The number of nitrogens with one attached hydrogen (secondary N) is 1. The Balaban J connectivity index is 2.55. The van der Waals surface area contributed by atoms with Gasteiger partial charge in [0.25, 0.3) is 5.91 Å². The zero-order valence-electron chi connectivity index (χ0n) is 12.5. The van der Waals surface area contributed by atoms with Crippen molar-refractivity contribution in [2.24, 2.45) is 5.92 Å². The molecule has 3 nitrogen and oxygen atoms in total. The second-order valence-electron chi connectivity index (χ2n) is 4.98. The molecule has 0 bridgehead atoms. The third-order valence-electron chi connectivity index (χ3n) is 3.51. The zero-order valence-corrected chi connectivity index (χ0v) is 13.3. The molecule has 0 fully saturated rings. The number of carbonyl (C=O) groups excluding carboxylic acids is 1. The fourth-order valence-corrected chi connectivity index (χ4v) is 2.35. The highest BCUT2D eigenvalue weighted by Gasteiger charge is 2.11. The van der Waals surface area contributed by atoms with Crippen LogP contribution in [0.25, 0.3) is 0 Å². The number of unbranched alkanes of at least 4 members (excludes halogenated alkanes) is 1. The summed E-state index contributed by atoms with van der Waals surface area (Å²) in [6.07, 6.45) is 4.65. The van der Waals surface area contributed by atoms with Gasteiger partial charge in [-0.15, -0.1) is 0 Å². The second kappa shape index (κ2) is 8.85. The van der Waals surface area contributed by atoms with E-state index < -0.39 is 0 Å². The maximum atomic E-state index is 12.1. The lowest BCUT2D eigenvalue weighted by Gasteiger charge is -2.15. The molecule has 20 heavy (non-hydrogen) atoms. The number of hydrogen-bond acceptors (Lipinski definition) is 2. The van der Waals surface area contributed by atoms with Gasteiger partial charge in [-0.1, -0.05) is 44.7 Å². The summed E-state index contributed by atoms with van der Waals surface area (Å²) in [5, 5.41) is 3.44. The predicted octanol–water partition coefficient (Wildman–Crippen LogP) is 4.29. The number of ether oxygens (including phenoxy) is 1. The highest BCUT2D eigenvalue weighted by molar-refractivity contribution is 6.32. The fourth-order valence-electron chi connectivity index (χ4n) is 2.09. The molecular weight excluding hydrogens is 274 g/mol. The van der Waals surface area contributed by atoms with Crippen molar-refractivity contribution in [1.29, 1.82) is 0 Å². The van der Waals surface area contributed by atoms with E-state index in [0.29, 0.717) is 22.3 Å². The van der Waals surface area contributed by atoms with Crippen LogP contribution >= 0.6 is 11.6 Å². The van der Waals surface area contributed by atoms with E-state index in [1.807, 2.05) is 0 Å². The Bertz CT molecular complexity index is 434. The van der Waals surface area contributed by atoms with E-state index in [1.54, 1.807) is 25.3 Å². The first-order valence-corrected chi connectivity index (χ1v) is 7.61. The Morgan fingerprint density at radius 1 is 1.40 bits per heavy atom. The van der Waals surface area contributed by atoms with Crippen LogP contribution in [-0.4, -0.2) is 19.6 Å². The van der Waals surface area contributed by atoms with Crippen LogP contribution in [0.2, 0.25) is 5.02 Å². The molecular formula is C16H24ClNO2. The Kier molecular flexibility index (Phi) is 7.45. The van der Waals surface area contributed by atoms with E-state index in [2.05, 4.69) is 19.2 Å². The van der Waals surface area contributed by atoms with Gasteiger partial charge < -0.3 is 10.1 Å². The molecule has 4 heteroatoms. The van der Waals surface area contributed by atoms with E-state index in [9.17, 15) is 4.79 Å². The Morgan fingerprint density at radius 3 is 2.70 bits per heavy atom. The van der Waals surface area contributed by atoms with Gasteiger partial charge in [0.2, 0.25) is 0 Å². The molecule has 112 valence electrons. The molecule has 1 unspecified atom stereocenters. The van der Waals surface area contributed by atoms with Crippen molar-refractivity contribution in [3.8, 4) is 5.75 Å². The van der Waals surface area contributed by atoms with E-state index in [4.69, 9.17) is 16.3 Å². The van der Waals surface area contributed by atoms with Gasteiger partial charge in [0, 0.05) is 12.1 Å². The second-order valence-corrected chi connectivity index (χ2v) is 5.38. The number of halogens is 1. The average Bonchev–Trinajstić information content (AvgIpc) is 2.47. The first-order valence-electron chi connectivity index (χ1n) is 7.24. The number of benzene rings is 1. The van der Waals surface area contributed by atoms with Crippen LogP contribution in [0.15, 0.2) is 18.2 Å². The summed E-state index contributed by atoms with van der Waals surface area (Å²) in [7, 11) is 1.56. The van der Waals surface area contributed by atoms with Crippen molar-refractivity contribution in [3.63, 3.8) is 0 Å². The molecule has 1 atom stereocenters. The summed E-state index contributed by atoms with van der Waals surface area (Å²) in [6, 6.07) is 5.08. The quantitative estimate of drug-likeness (QED) is 0.777. The highest BCUT2D eigenvalue weighted by Crippen LogP contribution is 2.24. The normalized spacial score (nSPS) is 12.0. The number of carbonyl (C=O) groups is 1. The molecule has 1 aromatic rings. The average molecular weight is 298 g/mol. The van der Waals surface area contributed by atoms with Crippen molar-refractivity contribution in [2.45, 2.75) is 39.5 Å². The van der Waals surface area contributed by atoms with Gasteiger partial charge in [-0.2, -0.15) is 0 Å². The number of rotatable bonds is 8. The summed E-state index contributed by atoms with van der Waals surface area (Å²) in [5.74, 6) is 1.05. The Labute approximate surface area is 126 Å². The number of methoxy groups -OCH3 is 1. The van der Waals surface area contributed by atoms with Gasteiger partial charge in [0.15, 0.2) is 0 Å². The maximum Gasteiger partial charge on any atom is 0.251 e. The van der Waals surface area contributed by atoms with Crippen LogP contribution in [0, 0.1) is 5.92 Å². The van der Waals surface area contributed by atoms with Gasteiger partial charge in [-0.3, -0.25) is 4.79 Å². The largest absolute Gasteiger partial charge is 0.495 e.